The second-order valence-electron chi connectivity index (χ2n) is 6.10. The van der Waals surface area contributed by atoms with Crippen molar-refractivity contribution < 1.29 is 9.59 Å². The smallest absolute Gasteiger partial charge is 0.224 e. The van der Waals surface area contributed by atoms with Crippen LogP contribution in [0.2, 0.25) is 0 Å². The molecule has 1 aromatic carbocycles. The van der Waals surface area contributed by atoms with Crippen molar-refractivity contribution in [2.24, 2.45) is 11.7 Å². The standard InChI is InChI=1S/C17H25N3O2/c1-12(13(2)18)17(22)19-10-14-5-3-6-15(9-14)11-20-8-4-7-16(20)21/h3,5-6,9,12-13H,4,7-8,10-11,18H2,1-2H3,(H,19,22). The number of hydrogen-bond acceptors (Lipinski definition) is 3. The Hall–Kier alpha value is -1.88. The number of likely N-dealkylation sites (tertiary alicyclic amines) is 1. The molecule has 22 heavy (non-hydrogen) atoms. The normalized spacial score (nSPS) is 17.4. The lowest BCUT2D eigenvalue weighted by atomic mass is 10.0. The first-order valence-corrected chi connectivity index (χ1v) is 7.86. The number of nitrogens with two attached hydrogens (primary N) is 1. The van der Waals surface area contributed by atoms with Gasteiger partial charge in [-0.15, -0.1) is 0 Å². The van der Waals surface area contributed by atoms with Gasteiger partial charge in [0.15, 0.2) is 0 Å². The van der Waals surface area contributed by atoms with Gasteiger partial charge in [0.05, 0.1) is 0 Å². The van der Waals surface area contributed by atoms with Gasteiger partial charge in [-0.05, 0) is 24.5 Å². The summed E-state index contributed by atoms with van der Waals surface area (Å²) in [5.74, 6) is -0.00927. The van der Waals surface area contributed by atoms with E-state index in [2.05, 4.69) is 5.32 Å². The molecular formula is C17H25N3O2. The fourth-order valence-corrected chi connectivity index (χ4v) is 2.52. The summed E-state index contributed by atoms with van der Waals surface area (Å²) in [5, 5.41) is 2.91. The lowest BCUT2D eigenvalue weighted by Gasteiger charge is -2.17. The van der Waals surface area contributed by atoms with Crippen LogP contribution in [0.1, 0.15) is 37.8 Å². The minimum Gasteiger partial charge on any atom is -0.352 e. The van der Waals surface area contributed by atoms with Crippen molar-refractivity contribution in [2.45, 2.75) is 45.8 Å². The average molecular weight is 303 g/mol. The molecule has 2 unspecified atom stereocenters. The van der Waals surface area contributed by atoms with Crippen molar-refractivity contribution in [1.29, 1.82) is 0 Å². The van der Waals surface area contributed by atoms with Gasteiger partial charge in [0, 0.05) is 38.0 Å². The summed E-state index contributed by atoms with van der Waals surface area (Å²) >= 11 is 0. The zero-order chi connectivity index (χ0) is 16.1. The Morgan fingerprint density at radius 2 is 2.09 bits per heavy atom. The van der Waals surface area contributed by atoms with Gasteiger partial charge < -0.3 is 16.0 Å². The monoisotopic (exact) mass is 303 g/mol. The molecule has 0 spiro atoms. The van der Waals surface area contributed by atoms with E-state index < -0.39 is 0 Å². The Bertz CT molecular complexity index is 542. The van der Waals surface area contributed by atoms with Crippen LogP contribution in [0.3, 0.4) is 0 Å². The van der Waals surface area contributed by atoms with Gasteiger partial charge in [0.1, 0.15) is 0 Å². The molecule has 0 aromatic heterocycles. The summed E-state index contributed by atoms with van der Waals surface area (Å²) in [6.07, 6.45) is 1.61. The van der Waals surface area contributed by atoms with E-state index in [1.165, 1.54) is 0 Å². The first-order valence-electron chi connectivity index (χ1n) is 7.86. The molecule has 1 saturated heterocycles. The van der Waals surface area contributed by atoms with Crippen molar-refractivity contribution in [3.8, 4) is 0 Å². The van der Waals surface area contributed by atoms with Crippen LogP contribution in [0.5, 0.6) is 0 Å². The number of amides is 2. The summed E-state index contributed by atoms with van der Waals surface area (Å²) < 4.78 is 0. The van der Waals surface area contributed by atoms with E-state index in [0.29, 0.717) is 19.5 Å². The molecule has 1 fully saturated rings. The molecule has 3 N–H and O–H groups in total. The molecular weight excluding hydrogens is 278 g/mol. The lowest BCUT2D eigenvalue weighted by molar-refractivity contribution is -0.128. The van der Waals surface area contributed by atoms with Gasteiger partial charge in [-0.3, -0.25) is 9.59 Å². The molecule has 5 nitrogen and oxygen atoms in total. The van der Waals surface area contributed by atoms with Crippen LogP contribution in [0.4, 0.5) is 0 Å². The zero-order valence-electron chi connectivity index (χ0n) is 13.3. The van der Waals surface area contributed by atoms with Crippen molar-refractivity contribution in [3.05, 3.63) is 35.4 Å². The highest BCUT2D eigenvalue weighted by Gasteiger charge is 2.20. The Labute approximate surface area is 131 Å². The number of carbonyl (C=O) groups is 2. The van der Waals surface area contributed by atoms with E-state index in [1.54, 1.807) is 0 Å². The van der Waals surface area contributed by atoms with Gasteiger partial charge in [-0.1, -0.05) is 31.2 Å². The van der Waals surface area contributed by atoms with Gasteiger partial charge >= 0.3 is 0 Å². The van der Waals surface area contributed by atoms with Gasteiger partial charge in [-0.25, -0.2) is 0 Å². The molecule has 2 amide bonds. The average Bonchev–Trinajstić information content (AvgIpc) is 2.89. The molecule has 1 heterocycles. The van der Waals surface area contributed by atoms with E-state index in [0.717, 1.165) is 24.1 Å². The maximum atomic E-state index is 11.9. The summed E-state index contributed by atoms with van der Waals surface area (Å²) in [6.45, 7) is 5.63. The third-order valence-electron chi connectivity index (χ3n) is 4.21. The summed E-state index contributed by atoms with van der Waals surface area (Å²) in [6, 6.07) is 7.84. The fraction of sp³-hybridized carbons (Fsp3) is 0.529. The second kappa shape index (κ2) is 7.40. The maximum absolute atomic E-state index is 11.9. The number of nitrogens with one attached hydrogen (secondary N) is 1. The first-order chi connectivity index (χ1) is 10.5. The van der Waals surface area contributed by atoms with E-state index in [4.69, 9.17) is 5.73 Å². The quantitative estimate of drug-likeness (QED) is 0.834. The Morgan fingerprint density at radius 3 is 2.73 bits per heavy atom. The third-order valence-corrected chi connectivity index (χ3v) is 4.21. The summed E-state index contributed by atoms with van der Waals surface area (Å²) in [5.41, 5.74) is 7.87. The fourth-order valence-electron chi connectivity index (χ4n) is 2.52. The van der Waals surface area contributed by atoms with Crippen molar-refractivity contribution in [3.63, 3.8) is 0 Å². The summed E-state index contributed by atoms with van der Waals surface area (Å²) in [4.78, 5) is 25.5. The number of benzene rings is 1. The van der Waals surface area contributed by atoms with Gasteiger partial charge in [0.2, 0.25) is 11.8 Å². The maximum Gasteiger partial charge on any atom is 0.224 e. The Balaban J connectivity index is 1.91. The predicted octanol–water partition coefficient (Wildman–Crippen LogP) is 1.41. The van der Waals surface area contributed by atoms with E-state index >= 15 is 0 Å². The molecule has 0 saturated carbocycles. The highest BCUT2D eigenvalue weighted by Crippen LogP contribution is 2.15. The third kappa shape index (κ3) is 4.31. The molecule has 2 atom stereocenters. The minimum atomic E-state index is -0.203. The minimum absolute atomic E-state index is 0.0323. The van der Waals surface area contributed by atoms with Crippen molar-refractivity contribution in [1.82, 2.24) is 10.2 Å². The van der Waals surface area contributed by atoms with Crippen LogP contribution in [0.15, 0.2) is 24.3 Å². The van der Waals surface area contributed by atoms with E-state index in [1.807, 2.05) is 43.0 Å². The molecule has 2 rings (SSSR count). The largest absolute Gasteiger partial charge is 0.352 e. The van der Waals surface area contributed by atoms with E-state index in [-0.39, 0.29) is 23.8 Å². The van der Waals surface area contributed by atoms with E-state index in [9.17, 15) is 9.59 Å². The number of nitrogens with zero attached hydrogens (tertiary/aromatic N) is 1. The van der Waals surface area contributed by atoms with Crippen molar-refractivity contribution in [2.75, 3.05) is 6.54 Å². The van der Waals surface area contributed by atoms with Crippen LogP contribution in [0.25, 0.3) is 0 Å². The topological polar surface area (TPSA) is 75.4 Å². The zero-order valence-corrected chi connectivity index (χ0v) is 13.3. The summed E-state index contributed by atoms with van der Waals surface area (Å²) in [7, 11) is 0. The van der Waals surface area contributed by atoms with Crippen LogP contribution in [-0.2, 0) is 22.7 Å². The molecule has 0 radical (unpaired) electrons. The highest BCUT2D eigenvalue weighted by molar-refractivity contribution is 5.79. The predicted molar refractivity (Wildman–Crippen MR) is 85.8 cm³/mol. The number of carbonyl (C=O) groups excluding carboxylic acids is 2. The Kier molecular flexibility index (Phi) is 5.55. The van der Waals surface area contributed by atoms with Gasteiger partial charge in [-0.2, -0.15) is 0 Å². The number of hydrogen-bond donors (Lipinski definition) is 2. The van der Waals surface area contributed by atoms with Crippen LogP contribution in [0, 0.1) is 5.92 Å². The molecule has 1 aliphatic heterocycles. The lowest BCUT2D eigenvalue weighted by Crippen LogP contribution is -2.38. The van der Waals surface area contributed by atoms with Crippen molar-refractivity contribution >= 4 is 11.8 Å². The van der Waals surface area contributed by atoms with Crippen LogP contribution < -0.4 is 11.1 Å². The van der Waals surface area contributed by atoms with Crippen LogP contribution in [-0.4, -0.2) is 29.3 Å². The molecule has 5 heteroatoms. The van der Waals surface area contributed by atoms with Gasteiger partial charge in [0.25, 0.3) is 0 Å². The molecule has 1 aromatic rings. The highest BCUT2D eigenvalue weighted by atomic mass is 16.2. The molecule has 120 valence electrons. The number of rotatable bonds is 6. The SMILES string of the molecule is CC(N)C(C)C(=O)NCc1cccc(CN2CCCC2=O)c1. The Morgan fingerprint density at radius 1 is 1.36 bits per heavy atom. The first kappa shape index (κ1) is 16.5. The van der Waals surface area contributed by atoms with Crippen LogP contribution >= 0.6 is 0 Å². The molecule has 1 aliphatic rings. The molecule has 0 aliphatic carbocycles. The molecule has 0 bridgehead atoms. The second-order valence-corrected chi connectivity index (χ2v) is 6.10.